The molecular formula is C12H16BIO2P+. The van der Waals surface area contributed by atoms with Gasteiger partial charge in [0.25, 0.3) is 0 Å². The van der Waals surface area contributed by atoms with Crippen LogP contribution < -0.4 is 14.8 Å². The zero-order valence-electron chi connectivity index (χ0n) is 10.6. The summed E-state index contributed by atoms with van der Waals surface area (Å²) in [5, 5.41) is 1.30. The van der Waals surface area contributed by atoms with Crippen molar-refractivity contribution in [1.82, 2.24) is 0 Å². The van der Waals surface area contributed by atoms with Gasteiger partial charge in [-0.25, -0.2) is 0 Å². The van der Waals surface area contributed by atoms with E-state index in [4.69, 9.17) is 17.0 Å². The standard InChI is InChI=1S/C12H16BIO2P/c1-12(2,3)17(4,13)11-6-10-9(5-8(11)14)15-7-16-10/h5-6H,7H2,1-4H3/q+1. The summed E-state index contributed by atoms with van der Waals surface area (Å²) in [6.07, 6.45) is 0. The maximum Gasteiger partial charge on any atom is 0.371 e. The molecule has 5 heteroatoms. The minimum atomic E-state index is -1.69. The monoisotopic (exact) mass is 361 g/mol. The van der Waals surface area contributed by atoms with E-state index in [1.54, 1.807) is 0 Å². The van der Waals surface area contributed by atoms with Gasteiger partial charge in [-0.3, -0.25) is 0 Å². The third kappa shape index (κ3) is 2.31. The summed E-state index contributed by atoms with van der Waals surface area (Å²) in [6, 6.07) is 4.08. The van der Waals surface area contributed by atoms with E-state index in [1.165, 1.54) is 8.87 Å². The molecule has 0 spiro atoms. The molecule has 2 radical (unpaired) electrons. The molecule has 1 heterocycles. The molecule has 1 atom stereocenters. The molecule has 2 rings (SSSR count). The molecule has 1 aromatic rings. The molecule has 0 amide bonds. The molecule has 0 saturated heterocycles. The van der Waals surface area contributed by atoms with Crippen molar-refractivity contribution in [3.05, 3.63) is 15.7 Å². The first kappa shape index (κ1) is 13.5. The van der Waals surface area contributed by atoms with E-state index in [2.05, 4.69) is 56.1 Å². The van der Waals surface area contributed by atoms with E-state index < -0.39 is 7.14 Å². The highest BCUT2D eigenvalue weighted by Crippen LogP contribution is 2.61. The number of hydrogen-bond donors (Lipinski definition) is 0. The number of rotatable bonds is 1. The van der Waals surface area contributed by atoms with Gasteiger partial charge in [-0.05, 0) is 50.5 Å². The Morgan fingerprint density at radius 2 is 1.76 bits per heavy atom. The van der Waals surface area contributed by atoms with E-state index in [-0.39, 0.29) is 5.16 Å². The minimum Gasteiger partial charge on any atom is -0.454 e. The summed E-state index contributed by atoms with van der Waals surface area (Å²) >= 11 is 2.33. The molecule has 2 nitrogen and oxygen atoms in total. The molecule has 0 fully saturated rings. The quantitative estimate of drug-likeness (QED) is 0.435. The predicted octanol–water partition coefficient (Wildman–Crippen LogP) is 3.17. The smallest absolute Gasteiger partial charge is 0.371 e. The maximum absolute atomic E-state index is 6.62. The van der Waals surface area contributed by atoms with Gasteiger partial charge in [0.15, 0.2) is 11.5 Å². The van der Waals surface area contributed by atoms with Gasteiger partial charge in [0.1, 0.15) is 0 Å². The van der Waals surface area contributed by atoms with Gasteiger partial charge in [-0.15, -0.1) is 0 Å². The Labute approximate surface area is 118 Å². The van der Waals surface area contributed by atoms with Crippen LogP contribution in [0.3, 0.4) is 0 Å². The number of halogens is 1. The molecule has 90 valence electrons. The van der Waals surface area contributed by atoms with Gasteiger partial charge in [-0.2, -0.15) is 0 Å². The number of fused-ring (bicyclic) bond motifs is 1. The van der Waals surface area contributed by atoms with E-state index in [9.17, 15) is 0 Å². The molecule has 0 bridgehead atoms. The normalized spacial score (nSPS) is 17.9. The summed E-state index contributed by atoms with van der Waals surface area (Å²) in [5.41, 5.74) is 0. The minimum absolute atomic E-state index is 0.0839. The summed E-state index contributed by atoms with van der Waals surface area (Å²) in [7, 11) is 4.93. The lowest BCUT2D eigenvalue weighted by Crippen LogP contribution is -2.29. The molecule has 1 aromatic carbocycles. The maximum atomic E-state index is 6.62. The first-order valence-corrected chi connectivity index (χ1v) is 8.87. The fourth-order valence-electron chi connectivity index (χ4n) is 1.62. The molecule has 0 aliphatic carbocycles. The van der Waals surface area contributed by atoms with Gasteiger partial charge >= 0.3 is 7.57 Å². The lowest BCUT2D eigenvalue weighted by molar-refractivity contribution is 0.174. The van der Waals surface area contributed by atoms with E-state index in [0.717, 1.165) is 11.5 Å². The fourth-order valence-corrected chi connectivity index (χ4v) is 5.18. The van der Waals surface area contributed by atoms with Crippen LogP contribution in [0.4, 0.5) is 0 Å². The first-order valence-electron chi connectivity index (χ1n) is 5.48. The lowest BCUT2D eigenvalue weighted by atomic mass is 10.2. The molecule has 1 aliphatic heterocycles. The zero-order valence-corrected chi connectivity index (χ0v) is 13.6. The van der Waals surface area contributed by atoms with Crippen LogP contribution in [0.2, 0.25) is 0 Å². The van der Waals surface area contributed by atoms with Crippen molar-refractivity contribution in [2.75, 3.05) is 13.5 Å². The Morgan fingerprint density at radius 3 is 2.29 bits per heavy atom. The van der Waals surface area contributed by atoms with E-state index >= 15 is 0 Å². The molecule has 17 heavy (non-hydrogen) atoms. The van der Waals surface area contributed by atoms with Crippen LogP contribution in [0.25, 0.3) is 0 Å². The average molecular weight is 361 g/mol. The van der Waals surface area contributed by atoms with Gasteiger partial charge in [0.2, 0.25) is 6.79 Å². The van der Waals surface area contributed by atoms with Crippen molar-refractivity contribution in [3.63, 3.8) is 0 Å². The summed E-state index contributed by atoms with van der Waals surface area (Å²) in [6.45, 7) is 9.07. The second kappa shape index (κ2) is 4.31. The van der Waals surface area contributed by atoms with Crippen LogP contribution in [0.5, 0.6) is 11.5 Å². The van der Waals surface area contributed by atoms with Crippen molar-refractivity contribution in [3.8, 4) is 11.5 Å². The Hall–Kier alpha value is 0.0449. The third-order valence-electron chi connectivity index (χ3n) is 3.34. The van der Waals surface area contributed by atoms with Crippen LogP contribution in [0, 0.1) is 3.57 Å². The molecule has 0 N–H and O–H groups in total. The Kier molecular flexibility index (Phi) is 3.41. The summed E-state index contributed by atoms with van der Waals surface area (Å²) in [5.74, 6) is 1.65. The fraction of sp³-hybridized carbons (Fsp3) is 0.500. The summed E-state index contributed by atoms with van der Waals surface area (Å²) < 4.78 is 12.0. The lowest BCUT2D eigenvalue weighted by Gasteiger charge is -2.33. The summed E-state index contributed by atoms with van der Waals surface area (Å²) in [4.78, 5) is 0. The highest BCUT2D eigenvalue weighted by atomic mass is 127. The third-order valence-corrected chi connectivity index (χ3v) is 8.81. The largest absolute Gasteiger partial charge is 0.454 e. The van der Waals surface area contributed by atoms with Crippen LogP contribution in [0.1, 0.15) is 20.8 Å². The van der Waals surface area contributed by atoms with Crippen molar-refractivity contribution >= 4 is 42.6 Å². The van der Waals surface area contributed by atoms with Gasteiger partial charge < -0.3 is 9.47 Å². The van der Waals surface area contributed by atoms with E-state index in [1.807, 2.05) is 6.07 Å². The molecule has 1 aliphatic rings. The van der Waals surface area contributed by atoms with Crippen molar-refractivity contribution in [2.24, 2.45) is 0 Å². The Balaban J connectivity index is 2.53. The average Bonchev–Trinajstić information content (AvgIpc) is 2.61. The van der Waals surface area contributed by atoms with Crippen molar-refractivity contribution in [2.45, 2.75) is 25.9 Å². The Bertz CT molecular complexity index is 455. The Morgan fingerprint density at radius 1 is 1.24 bits per heavy atom. The van der Waals surface area contributed by atoms with Gasteiger partial charge in [0.05, 0.1) is 14.0 Å². The molecule has 0 saturated carbocycles. The van der Waals surface area contributed by atoms with Crippen LogP contribution >= 0.6 is 29.7 Å². The van der Waals surface area contributed by atoms with Gasteiger partial charge in [0, 0.05) is 18.8 Å². The predicted molar refractivity (Wildman–Crippen MR) is 83.3 cm³/mol. The molecule has 1 unspecified atom stereocenters. The zero-order chi connectivity index (χ0) is 12.8. The van der Waals surface area contributed by atoms with Crippen LogP contribution in [-0.2, 0) is 0 Å². The van der Waals surface area contributed by atoms with Crippen molar-refractivity contribution < 1.29 is 9.47 Å². The highest BCUT2D eigenvalue weighted by Gasteiger charge is 2.44. The second-order valence-corrected chi connectivity index (χ2v) is 10.5. The first-order chi connectivity index (χ1) is 7.73. The topological polar surface area (TPSA) is 18.5 Å². The van der Waals surface area contributed by atoms with Crippen LogP contribution in [-0.4, -0.2) is 26.2 Å². The SMILES string of the molecule is [B][P+](C)(c1cc2c(cc1I)OCO2)C(C)(C)C. The van der Waals surface area contributed by atoms with Crippen LogP contribution in [0.15, 0.2) is 12.1 Å². The number of benzene rings is 1. The second-order valence-electron chi connectivity index (χ2n) is 5.40. The molecule has 0 aromatic heterocycles. The number of ether oxygens (including phenoxy) is 2. The van der Waals surface area contributed by atoms with Crippen molar-refractivity contribution in [1.29, 1.82) is 0 Å². The van der Waals surface area contributed by atoms with Gasteiger partial charge in [-0.1, -0.05) is 0 Å². The highest BCUT2D eigenvalue weighted by molar-refractivity contribution is 14.1. The van der Waals surface area contributed by atoms with E-state index in [0.29, 0.717) is 6.79 Å². The number of hydrogen-bond acceptors (Lipinski definition) is 2. The molecular weight excluding hydrogens is 345 g/mol.